The lowest BCUT2D eigenvalue weighted by atomic mass is 10.1. The highest BCUT2D eigenvalue weighted by Gasteiger charge is 2.12. The molecule has 0 aliphatic rings. The zero-order valence-corrected chi connectivity index (χ0v) is 14.1. The number of rotatable bonds is 3. The third-order valence-electron chi connectivity index (χ3n) is 3.60. The van der Waals surface area contributed by atoms with Crippen LogP contribution < -0.4 is 11.1 Å². The zero-order chi connectivity index (χ0) is 17.0. The lowest BCUT2D eigenvalue weighted by Gasteiger charge is -2.11. The predicted molar refractivity (Wildman–Crippen MR) is 98.0 cm³/mol. The third-order valence-corrected chi connectivity index (χ3v) is 3.60. The molecule has 2 aromatic heterocycles. The number of nitrogen functional groups attached to an aromatic ring is 1. The summed E-state index contributed by atoms with van der Waals surface area (Å²) in [4.78, 5) is 4.36. The number of benzene rings is 1. The molecule has 0 aliphatic heterocycles. The van der Waals surface area contributed by atoms with Crippen LogP contribution in [0.15, 0.2) is 37.3 Å². The summed E-state index contributed by atoms with van der Waals surface area (Å²) in [5.74, 6) is 0.754. The van der Waals surface area contributed by atoms with E-state index < -0.39 is 0 Å². The van der Waals surface area contributed by atoms with Crippen LogP contribution in [0, 0.1) is 13.8 Å². The third kappa shape index (κ3) is 3.18. The van der Waals surface area contributed by atoms with E-state index in [1.165, 1.54) is 6.33 Å². The summed E-state index contributed by atoms with van der Waals surface area (Å²) < 4.78 is 1.81. The molecule has 0 aliphatic carbocycles. The smallest absolute Gasteiger partial charge is 0.158 e. The Morgan fingerprint density at radius 3 is 2.70 bits per heavy atom. The summed E-state index contributed by atoms with van der Waals surface area (Å²) in [6.45, 7) is 11.9. The van der Waals surface area contributed by atoms with E-state index in [-0.39, 0.29) is 0 Å². The maximum atomic E-state index is 5.86. The van der Waals surface area contributed by atoms with Gasteiger partial charge in [0.1, 0.15) is 11.8 Å². The summed E-state index contributed by atoms with van der Waals surface area (Å²) in [6.07, 6.45) is 5.29. The second-order valence-electron chi connectivity index (χ2n) is 5.01. The Labute approximate surface area is 136 Å². The van der Waals surface area contributed by atoms with Crippen LogP contribution in [-0.4, -0.2) is 14.6 Å². The number of nitrogens with one attached hydrogen (secondary N) is 1. The molecule has 0 spiro atoms. The number of hydrogen-bond donors (Lipinski definition) is 2. The molecule has 3 rings (SSSR count). The van der Waals surface area contributed by atoms with Gasteiger partial charge < -0.3 is 11.1 Å². The van der Waals surface area contributed by atoms with Crippen LogP contribution in [0.4, 0.5) is 17.2 Å². The van der Waals surface area contributed by atoms with Crippen molar-refractivity contribution < 1.29 is 0 Å². The van der Waals surface area contributed by atoms with Crippen LogP contribution in [0.25, 0.3) is 11.6 Å². The second kappa shape index (κ2) is 6.96. The minimum atomic E-state index is 0.715. The van der Waals surface area contributed by atoms with Crippen LogP contribution >= 0.6 is 0 Å². The van der Waals surface area contributed by atoms with Crippen molar-refractivity contribution in [1.82, 2.24) is 14.6 Å². The summed E-state index contributed by atoms with van der Waals surface area (Å²) in [6, 6.07) is 5.77. The fourth-order valence-electron chi connectivity index (χ4n) is 2.38. The van der Waals surface area contributed by atoms with Gasteiger partial charge in [-0.3, -0.25) is 0 Å². The van der Waals surface area contributed by atoms with Gasteiger partial charge in [0.25, 0.3) is 0 Å². The quantitative estimate of drug-likeness (QED) is 0.706. The van der Waals surface area contributed by atoms with Crippen LogP contribution in [-0.2, 0) is 0 Å². The van der Waals surface area contributed by atoms with Gasteiger partial charge in [0, 0.05) is 17.6 Å². The average molecular weight is 309 g/mol. The molecule has 0 amide bonds. The molecule has 3 N–H and O–H groups in total. The van der Waals surface area contributed by atoms with E-state index in [9.17, 15) is 0 Å². The first kappa shape index (κ1) is 16.5. The number of nitrogens with two attached hydrogens (primary N) is 1. The van der Waals surface area contributed by atoms with Crippen molar-refractivity contribution in [1.29, 1.82) is 0 Å². The predicted octanol–water partition coefficient (Wildman–Crippen LogP) is 4.34. The van der Waals surface area contributed by atoms with Crippen molar-refractivity contribution in [3.63, 3.8) is 0 Å². The van der Waals surface area contributed by atoms with Gasteiger partial charge in [0.2, 0.25) is 0 Å². The number of aryl methyl sites for hydroxylation is 2. The Bertz CT molecular complexity index is 833. The van der Waals surface area contributed by atoms with Crippen molar-refractivity contribution in [2.45, 2.75) is 27.7 Å². The Morgan fingerprint density at radius 1 is 1.26 bits per heavy atom. The van der Waals surface area contributed by atoms with E-state index in [0.717, 1.165) is 33.7 Å². The monoisotopic (exact) mass is 309 g/mol. The first-order valence-corrected chi connectivity index (χ1v) is 7.68. The van der Waals surface area contributed by atoms with Gasteiger partial charge in [-0.15, -0.1) is 0 Å². The number of nitrogens with zero attached hydrogens (tertiary/aromatic N) is 3. The van der Waals surface area contributed by atoms with Crippen molar-refractivity contribution in [3.05, 3.63) is 54.0 Å². The molecule has 5 heteroatoms. The molecule has 2 heterocycles. The van der Waals surface area contributed by atoms with Gasteiger partial charge in [-0.25, -0.2) is 9.50 Å². The van der Waals surface area contributed by atoms with Gasteiger partial charge >= 0.3 is 0 Å². The Balaban J connectivity index is 0.000000924. The van der Waals surface area contributed by atoms with Crippen molar-refractivity contribution in [3.8, 4) is 0 Å². The highest BCUT2D eigenvalue weighted by molar-refractivity contribution is 5.81. The second-order valence-corrected chi connectivity index (χ2v) is 5.01. The molecule has 1 aromatic carbocycles. The maximum Gasteiger partial charge on any atom is 0.158 e. The fraction of sp³-hybridized carbons (Fsp3) is 0.222. The molecule has 0 saturated carbocycles. The average Bonchev–Trinajstić information content (AvgIpc) is 2.90. The molecular formula is C18H23N5. The van der Waals surface area contributed by atoms with Crippen molar-refractivity contribution in [2.24, 2.45) is 0 Å². The largest absolute Gasteiger partial charge is 0.399 e. The summed E-state index contributed by atoms with van der Waals surface area (Å²) in [5, 5.41) is 7.59. The molecule has 3 aromatic rings. The minimum absolute atomic E-state index is 0.715. The van der Waals surface area contributed by atoms with E-state index in [1.807, 2.05) is 62.7 Å². The van der Waals surface area contributed by atoms with E-state index in [2.05, 4.69) is 22.0 Å². The Hall–Kier alpha value is -2.82. The lowest BCUT2D eigenvalue weighted by molar-refractivity contribution is 0.904. The number of anilines is 3. The molecular weight excluding hydrogens is 286 g/mol. The van der Waals surface area contributed by atoms with Crippen LogP contribution in [0.5, 0.6) is 0 Å². The van der Waals surface area contributed by atoms with E-state index in [1.54, 1.807) is 0 Å². The van der Waals surface area contributed by atoms with Gasteiger partial charge in [0.15, 0.2) is 5.82 Å². The van der Waals surface area contributed by atoms with Gasteiger partial charge in [-0.1, -0.05) is 32.6 Å². The minimum Gasteiger partial charge on any atom is -0.399 e. The molecule has 0 bridgehead atoms. The van der Waals surface area contributed by atoms with Crippen LogP contribution in [0.2, 0.25) is 0 Å². The highest BCUT2D eigenvalue weighted by atomic mass is 15.3. The van der Waals surface area contributed by atoms with Crippen molar-refractivity contribution in [2.75, 3.05) is 11.1 Å². The van der Waals surface area contributed by atoms with Gasteiger partial charge in [0.05, 0.1) is 0 Å². The molecule has 0 atom stereocenters. The summed E-state index contributed by atoms with van der Waals surface area (Å²) >= 11 is 0. The molecule has 23 heavy (non-hydrogen) atoms. The SMILES string of the molecule is C=Cc1cn2ncnc(Nc3cc(N)ccc3C)c2c1C.CC. The normalized spacial score (nSPS) is 10.1. The molecule has 5 nitrogen and oxygen atoms in total. The first-order chi connectivity index (χ1) is 11.1. The summed E-state index contributed by atoms with van der Waals surface area (Å²) in [7, 11) is 0. The first-order valence-electron chi connectivity index (χ1n) is 7.68. The van der Waals surface area contributed by atoms with E-state index in [0.29, 0.717) is 5.69 Å². The van der Waals surface area contributed by atoms with Crippen LogP contribution in [0.1, 0.15) is 30.5 Å². The van der Waals surface area contributed by atoms with Crippen LogP contribution in [0.3, 0.4) is 0 Å². The fourth-order valence-corrected chi connectivity index (χ4v) is 2.38. The zero-order valence-electron chi connectivity index (χ0n) is 14.1. The van der Waals surface area contributed by atoms with Crippen molar-refractivity contribution >= 4 is 28.8 Å². The summed E-state index contributed by atoms with van der Waals surface area (Å²) in [5.41, 5.74) is 11.7. The molecule has 120 valence electrons. The standard InChI is InChI=1S/C16H17N5.C2H6/c1-4-12-8-21-15(11(12)3)16(18-9-19-21)20-14-7-13(17)6-5-10(14)2;1-2/h4-9H,1,17H2,2-3H3,(H,18,19,20);1-2H3. The van der Waals surface area contributed by atoms with Gasteiger partial charge in [-0.05, 0) is 42.7 Å². The van der Waals surface area contributed by atoms with E-state index in [4.69, 9.17) is 5.73 Å². The number of fused-ring (bicyclic) bond motifs is 1. The molecule has 0 unspecified atom stereocenters. The topological polar surface area (TPSA) is 68.2 Å². The Kier molecular flexibility index (Phi) is 5.01. The molecule has 0 fully saturated rings. The molecule has 0 radical (unpaired) electrons. The van der Waals surface area contributed by atoms with Gasteiger partial charge in [-0.2, -0.15) is 5.10 Å². The number of aromatic nitrogens is 3. The van der Waals surface area contributed by atoms with E-state index >= 15 is 0 Å². The molecule has 0 saturated heterocycles. The Morgan fingerprint density at radius 2 is 2.00 bits per heavy atom. The highest BCUT2D eigenvalue weighted by Crippen LogP contribution is 2.27. The number of hydrogen-bond acceptors (Lipinski definition) is 4. The maximum absolute atomic E-state index is 5.86. The lowest BCUT2D eigenvalue weighted by Crippen LogP contribution is -2.01.